The van der Waals surface area contributed by atoms with Crippen LogP contribution in [0.5, 0.6) is 0 Å². The van der Waals surface area contributed by atoms with Crippen LogP contribution in [-0.2, 0) is 20.1 Å². The van der Waals surface area contributed by atoms with E-state index in [-0.39, 0.29) is 29.6 Å². The Labute approximate surface area is 165 Å². The molecule has 0 saturated carbocycles. The van der Waals surface area contributed by atoms with Crippen LogP contribution in [0.3, 0.4) is 0 Å². The van der Waals surface area contributed by atoms with Crippen LogP contribution >= 0.6 is 11.8 Å². The van der Waals surface area contributed by atoms with Crippen molar-refractivity contribution in [3.63, 3.8) is 0 Å². The predicted molar refractivity (Wildman–Crippen MR) is 108 cm³/mol. The molecule has 0 bridgehead atoms. The van der Waals surface area contributed by atoms with Gasteiger partial charge in [0.15, 0.2) is 0 Å². The number of hydrogen-bond donors (Lipinski definition) is 2. The van der Waals surface area contributed by atoms with Crippen LogP contribution in [0.1, 0.15) is 40.2 Å². The van der Waals surface area contributed by atoms with Gasteiger partial charge in [0, 0.05) is 5.75 Å². The molecule has 2 amide bonds. The van der Waals surface area contributed by atoms with Gasteiger partial charge in [-0.2, -0.15) is 0 Å². The summed E-state index contributed by atoms with van der Waals surface area (Å²) in [4.78, 5) is 37.0. The van der Waals surface area contributed by atoms with E-state index in [9.17, 15) is 14.4 Å². The number of thioether (sulfide) groups is 1. The van der Waals surface area contributed by atoms with Gasteiger partial charge in [-0.15, -0.1) is 0 Å². The van der Waals surface area contributed by atoms with Crippen molar-refractivity contribution in [2.24, 2.45) is 11.8 Å². The molecule has 150 valence electrons. The second-order valence-corrected chi connectivity index (χ2v) is 7.86. The van der Waals surface area contributed by atoms with Crippen molar-refractivity contribution in [2.45, 2.75) is 52.5 Å². The number of nitrogens with one attached hydrogen (secondary N) is 2. The summed E-state index contributed by atoms with van der Waals surface area (Å²) in [6.07, 6.45) is 0. The number of ether oxygens (including phenoxy) is 1. The smallest absolute Gasteiger partial charge is 0.328 e. The lowest BCUT2D eigenvalue weighted by atomic mass is 10.0. The maximum Gasteiger partial charge on any atom is 0.328 e. The van der Waals surface area contributed by atoms with Crippen molar-refractivity contribution in [1.29, 1.82) is 0 Å². The molecule has 2 atom stereocenters. The molecule has 0 aromatic heterocycles. The molecular formula is C20H30N2O4S. The molecule has 0 spiro atoms. The highest BCUT2D eigenvalue weighted by Gasteiger charge is 2.31. The SMILES string of the molecule is CCOC(=O)C(NC(=O)C(NC(=O)SCc1ccccc1)C(C)C)C(C)C. The van der Waals surface area contributed by atoms with Crippen molar-refractivity contribution in [2.75, 3.05) is 6.61 Å². The molecule has 1 aromatic carbocycles. The third-order valence-corrected chi connectivity index (χ3v) is 4.80. The van der Waals surface area contributed by atoms with Crippen LogP contribution in [0.4, 0.5) is 4.79 Å². The fourth-order valence-electron chi connectivity index (χ4n) is 2.40. The highest BCUT2D eigenvalue weighted by Crippen LogP contribution is 2.14. The lowest BCUT2D eigenvalue weighted by Gasteiger charge is -2.26. The zero-order chi connectivity index (χ0) is 20.4. The van der Waals surface area contributed by atoms with Gasteiger partial charge in [0.2, 0.25) is 5.91 Å². The second kappa shape index (κ2) is 11.6. The quantitative estimate of drug-likeness (QED) is 0.628. The summed E-state index contributed by atoms with van der Waals surface area (Å²) in [6, 6.07) is 8.17. The molecule has 0 radical (unpaired) electrons. The minimum Gasteiger partial charge on any atom is -0.464 e. The van der Waals surface area contributed by atoms with Crippen molar-refractivity contribution >= 4 is 28.9 Å². The zero-order valence-corrected chi connectivity index (χ0v) is 17.5. The number of carbonyl (C=O) groups excluding carboxylic acids is 3. The van der Waals surface area contributed by atoms with E-state index in [1.54, 1.807) is 6.92 Å². The van der Waals surface area contributed by atoms with Gasteiger partial charge in [0.05, 0.1) is 6.61 Å². The Hall–Kier alpha value is -2.02. The Balaban J connectivity index is 2.68. The van der Waals surface area contributed by atoms with Gasteiger partial charge >= 0.3 is 5.97 Å². The first-order valence-corrected chi connectivity index (χ1v) is 10.2. The first-order chi connectivity index (χ1) is 12.8. The average Bonchev–Trinajstić information content (AvgIpc) is 2.62. The molecule has 1 rings (SSSR count). The predicted octanol–water partition coefficient (Wildman–Crippen LogP) is 3.36. The molecule has 0 aliphatic carbocycles. The Morgan fingerprint density at radius 2 is 1.56 bits per heavy atom. The minimum atomic E-state index is -0.743. The fraction of sp³-hybridized carbons (Fsp3) is 0.550. The molecule has 7 heteroatoms. The summed E-state index contributed by atoms with van der Waals surface area (Å²) in [5.41, 5.74) is 1.03. The highest BCUT2D eigenvalue weighted by molar-refractivity contribution is 8.12. The summed E-state index contributed by atoms with van der Waals surface area (Å²) >= 11 is 1.11. The van der Waals surface area contributed by atoms with Crippen LogP contribution in [0.25, 0.3) is 0 Å². The Morgan fingerprint density at radius 3 is 2.07 bits per heavy atom. The summed E-state index contributed by atoms with van der Waals surface area (Å²) in [5, 5.41) is 5.21. The van der Waals surface area contributed by atoms with E-state index in [0.29, 0.717) is 5.75 Å². The van der Waals surface area contributed by atoms with E-state index < -0.39 is 18.1 Å². The maximum atomic E-state index is 12.7. The monoisotopic (exact) mass is 394 g/mol. The normalized spacial score (nSPS) is 13.1. The third-order valence-electron chi connectivity index (χ3n) is 3.94. The molecule has 2 N–H and O–H groups in total. The summed E-state index contributed by atoms with van der Waals surface area (Å²) in [5.74, 6) is -0.569. The number of benzene rings is 1. The molecular weight excluding hydrogens is 364 g/mol. The first kappa shape index (κ1) is 23.0. The zero-order valence-electron chi connectivity index (χ0n) is 16.7. The largest absolute Gasteiger partial charge is 0.464 e. The van der Waals surface area contributed by atoms with Gasteiger partial charge in [0.25, 0.3) is 5.24 Å². The maximum absolute atomic E-state index is 12.7. The highest BCUT2D eigenvalue weighted by atomic mass is 32.2. The van der Waals surface area contributed by atoms with E-state index >= 15 is 0 Å². The lowest BCUT2D eigenvalue weighted by Crippen LogP contribution is -2.54. The first-order valence-electron chi connectivity index (χ1n) is 9.20. The van der Waals surface area contributed by atoms with Gasteiger partial charge in [0.1, 0.15) is 12.1 Å². The van der Waals surface area contributed by atoms with Crippen LogP contribution in [0, 0.1) is 11.8 Å². The van der Waals surface area contributed by atoms with E-state index in [1.807, 2.05) is 58.0 Å². The van der Waals surface area contributed by atoms with E-state index in [2.05, 4.69) is 10.6 Å². The molecule has 1 aromatic rings. The molecule has 0 aliphatic rings. The van der Waals surface area contributed by atoms with E-state index in [4.69, 9.17) is 4.74 Å². The van der Waals surface area contributed by atoms with Crippen LogP contribution in [-0.4, -0.2) is 35.8 Å². The summed E-state index contributed by atoms with van der Waals surface area (Å²) < 4.78 is 5.03. The van der Waals surface area contributed by atoms with Crippen molar-refractivity contribution < 1.29 is 19.1 Å². The topological polar surface area (TPSA) is 84.5 Å². The van der Waals surface area contributed by atoms with Gasteiger partial charge in [-0.05, 0) is 24.3 Å². The van der Waals surface area contributed by atoms with Gasteiger partial charge in [-0.3, -0.25) is 9.59 Å². The number of hydrogen-bond acceptors (Lipinski definition) is 5. The van der Waals surface area contributed by atoms with Gasteiger partial charge in [-0.1, -0.05) is 69.8 Å². The van der Waals surface area contributed by atoms with Crippen molar-refractivity contribution in [1.82, 2.24) is 10.6 Å². The van der Waals surface area contributed by atoms with E-state index in [0.717, 1.165) is 17.3 Å². The number of rotatable bonds is 9. The Bertz CT molecular complexity index is 620. The van der Waals surface area contributed by atoms with Crippen LogP contribution in [0.15, 0.2) is 30.3 Å². The number of carbonyl (C=O) groups is 3. The molecule has 0 fully saturated rings. The molecule has 27 heavy (non-hydrogen) atoms. The Morgan fingerprint density at radius 1 is 0.963 bits per heavy atom. The molecule has 6 nitrogen and oxygen atoms in total. The van der Waals surface area contributed by atoms with Crippen molar-refractivity contribution in [3.05, 3.63) is 35.9 Å². The fourth-order valence-corrected chi connectivity index (χ4v) is 3.10. The molecule has 0 heterocycles. The van der Waals surface area contributed by atoms with Gasteiger partial charge < -0.3 is 15.4 Å². The van der Waals surface area contributed by atoms with E-state index in [1.165, 1.54) is 0 Å². The molecule has 0 aliphatic heterocycles. The minimum absolute atomic E-state index is 0.121. The lowest BCUT2D eigenvalue weighted by molar-refractivity contribution is -0.149. The number of esters is 1. The Kier molecular flexibility index (Phi) is 9.93. The third kappa shape index (κ3) is 8.03. The summed E-state index contributed by atoms with van der Waals surface area (Å²) in [6.45, 7) is 9.33. The summed E-state index contributed by atoms with van der Waals surface area (Å²) in [7, 11) is 0. The number of amides is 2. The van der Waals surface area contributed by atoms with Crippen LogP contribution in [0.2, 0.25) is 0 Å². The average molecular weight is 395 g/mol. The van der Waals surface area contributed by atoms with Gasteiger partial charge in [-0.25, -0.2) is 4.79 Å². The standard InChI is InChI=1S/C20H30N2O4S/c1-6-26-19(24)17(14(4)5)21-18(23)16(13(2)3)22-20(25)27-12-15-10-8-7-9-11-15/h7-11,13-14,16-17H,6,12H2,1-5H3,(H,21,23)(H,22,25). The van der Waals surface area contributed by atoms with Crippen molar-refractivity contribution in [3.8, 4) is 0 Å². The molecule has 0 saturated heterocycles. The second-order valence-electron chi connectivity index (χ2n) is 6.91. The molecule has 2 unspecified atom stereocenters. The van der Waals surface area contributed by atoms with Crippen LogP contribution < -0.4 is 10.6 Å².